The Bertz CT molecular complexity index is 193. The highest BCUT2D eigenvalue weighted by Gasteiger charge is 2.57. The van der Waals surface area contributed by atoms with E-state index in [9.17, 15) is 15.4 Å². The molecule has 0 amide bonds. The molecule has 14 heavy (non-hydrogen) atoms. The molecular formula is C10H21NO3. The standard InChI is InChI=1S/C10H21NO3/c1-9(2)7(5-12)8(6-13)10(3,4)11(9)14/h7-8,12-14H,5-6H2,1-4H3/t7-,8-/m1/s1. The molecule has 1 heterocycles. The van der Waals surface area contributed by atoms with Crippen molar-refractivity contribution in [1.82, 2.24) is 5.06 Å². The highest BCUT2D eigenvalue weighted by molar-refractivity contribution is 5.07. The van der Waals surface area contributed by atoms with Gasteiger partial charge in [0, 0.05) is 36.1 Å². The summed E-state index contributed by atoms with van der Waals surface area (Å²) in [5.41, 5.74) is -0.989. The average molecular weight is 203 g/mol. The van der Waals surface area contributed by atoms with Crippen LogP contribution in [0.2, 0.25) is 0 Å². The van der Waals surface area contributed by atoms with Crippen molar-refractivity contribution in [3.63, 3.8) is 0 Å². The van der Waals surface area contributed by atoms with E-state index in [4.69, 9.17) is 0 Å². The Morgan fingerprint density at radius 2 is 1.21 bits per heavy atom. The van der Waals surface area contributed by atoms with E-state index >= 15 is 0 Å². The van der Waals surface area contributed by atoms with Crippen LogP contribution in [0.5, 0.6) is 0 Å². The molecule has 0 aromatic rings. The predicted molar refractivity (Wildman–Crippen MR) is 52.9 cm³/mol. The molecule has 1 aliphatic heterocycles. The molecule has 0 unspecified atom stereocenters. The van der Waals surface area contributed by atoms with Crippen molar-refractivity contribution in [3.05, 3.63) is 0 Å². The van der Waals surface area contributed by atoms with E-state index < -0.39 is 11.1 Å². The van der Waals surface area contributed by atoms with Gasteiger partial charge in [0.05, 0.1) is 0 Å². The number of aliphatic hydroxyl groups excluding tert-OH is 2. The fourth-order valence-electron chi connectivity index (χ4n) is 2.74. The minimum Gasteiger partial charge on any atom is -0.396 e. The monoisotopic (exact) mass is 203 g/mol. The number of hydrogen-bond donors (Lipinski definition) is 3. The lowest BCUT2D eigenvalue weighted by Crippen LogP contribution is -2.48. The van der Waals surface area contributed by atoms with Gasteiger partial charge in [-0.05, 0) is 27.7 Å². The maximum atomic E-state index is 10.00. The van der Waals surface area contributed by atoms with Crippen LogP contribution in [-0.4, -0.2) is 44.8 Å². The van der Waals surface area contributed by atoms with Gasteiger partial charge in [-0.1, -0.05) is 0 Å². The maximum absolute atomic E-state index is 10.00. The molecule has 3 N–H and O–H groups in total. The summed E-state index contributed by atoms with van der Waals surface area (Å²) in [5, 5.41) is 29.9. The first-order chi connectivity index (χ1) is 6.30. The summed E-state index contributed by atoms with van der Waals surface area (Å²) in [6, 6.07) is 0. The van der Waals surface area contributed by atoms with Gasteiger partial charge in [-0.25, -0.2) is 0 Å². The molecule has 0 radical (unpaired) electrons. The second-order valence-electron chi connectivity index (χ2n) is 5.20. The lowest BCUT2D eigenvalue weighted by Gasteiger charge is -2.36. The fraction of sp³-hybridized carbons (Fsp3) is 1.00. The molecule has 1 fully saturated rings. The molecule has 84 valence electrons. The van der Waals surface area contributed by atoms with Crippen molar-refractivity contribution in [3.8, 4) is 0 Å². The van der Waals surface area contributed by atoms with Crippen molar-refractivity contribution in [2.24, 2.45) is 11.8 Å². The molecule has 0 saturated carbocycles. The normalized spacial score (nSPS) is 36.2. The van der Waals surface area contributed by atoms with Crippen molar-refractivity contribution in [2.75, 3.05) is 13.2 Å². The van der Waals surface area contributed by atoms with E-state index in [-0.39, 0.29) is 25.0 Å². The van der Waals surface area contributed by atoms with Gasteiger partial charge in [0.25, 0.3) is 0 Å². The lowest BCUT2D eigenvalue weighted by molar-refractivity contribution is -0.201. The van der Waals surface area contributed by atoms with Crippen LogP contribution >= 0.6 is 0 Å². The van der Waals surface area contributed by atoms with Crippen molar-refractivity contribution in [1.29, 1.82) is 0 Å². The van der Waals surface area contributed by atoms with Gasteiger partial charge < -0.3 is 15.4 Å². The summed E-state index contributed by atoms with van der Waals surface area (Å²) in [4.78, 5) is 0. The smallest absolute Gasteiger partial charge is 0.0481 e. The number of aliphatic hydroxyl groups is 2. The maximum Gasteiger partial charge on any atom is 0.0481 e. The first-order valence-corrected chi connectivity index (χ1v) is 5.01. The third kappa shape index (κ3) is 1.37. The van der Waals surface area contributed by atoms with Crippen molar-refractivity contribution < 1.29 is 15.4 Å². The fourth-order valence-corrected chi connectivity index (χ4v) is 2.74. The van der Waals surface area contributed by atoms with Crippen LogP contribution in [0.1, 0.15) is 27.7 Å². The number of nitrogens with zero attached hydrogens (tertiary/aromatic N) is 1. The van der Waals surface area contributed by atoms with Gasteiger partial charge in [-0.15, -0.1) is 0 Å². The number of hydroxylamine groups is 2. The molecular weight excluding hydrogens is 182 g/mol. The summed E-state index contributed by atoms with van der Waals surface area (Å²) in [6.07, 6.45) is 0. The molecule has 4 heteroatoms. The van der Waals surface area contributed by atoms with E-state index in [1.54, 1.807) is 0 Å². The van der Waals surface area contributed by atoms with Crippen molar-refractivity contribution in [2.45, 2.75) is 38.8 Å². The molecule has 2 atom stereocenters. The molecule has 1 aliphatic rings. The second-order valence-corrected chi connectivity index (χ2v) is 5.20. The number of rotatable bonds is 2. The Morgan fingerprint density at radius 3 is 1.43 bits per heavy atom. The van der Waals surface area contributed by atoms with Gasteiger partial charge in [0.2, 0.25) is 0 Å². The highest BCUT2D eigenvalue weighted by Crippen LogP contribution is 2.47. The van der Waals surface area contributed by atoms with Crippen LogP contribution in [0.3, 0.4) is 0 Å². The van der Waals surface area contributed by atoms with Crippen LogP contribution < -0.4 is 0 Å². The van der Waals surface area contributed by atoms with Gasteiger partial charge in [0.1, 0.15) is 0 Å². The van der Waals surface area contributed by atoms with E-state index in [0.29, 0.717) is 0 Å². The van der Waals surface area contributed by atoms with Crippen molar-refractivity contribution >= 4 is 0 Å². The van der Waals surface area contributed by atoms with Crippen LogP contribution in [0.25, 0.3) is 0 Å². The van der Waals surface area contributed by atoms with Crippen LogP contribution in [-0.2, 0) is 0 Å². The van der Waals surface area contributed by atoms with E-state index in [1.165, 1.54) is 5.06 Å². The Kier molecular flexibility index (Phi) is 2.94. The first-order valence-electron chi connectivity index (χ1n) is 5.01. The molecule has 0 aromatic carbocycles. The minimum atomic E-state index is -0.494. The third-order valence-corrected chi connectivity index (χ3v) is 3.79. The molecule has 0 aliphatic carbocycles. The number of hydrogen-bond acceptors (Lipinski definition) is 4. The Balaban J connectivity index is 3.07. The Hall–Kier alpha value is -0.160. The Morgan fingerprint density at radius 1 is 0.929 bits per heavy atom. The van der Waals surface area contributed by atoms with E-state index in [1.807, 2.05) is 27.7 Å². The third-order valence-electron chi connectivity index (χ3n) is 3.79. The minimum absolute atomic E-state index is 0.0152. The zero-order valence-corrected chi connectivity index (χ0v) is 9.36. The average Bonchev–Trinajstić information content (AvgIpc) is 2.22. The highest BCUT2D eigenvalue weighted by atomic mass is 16.5. The zero-order valence-electron chi connectivity index (χ0n) is 9.36. The summed E-state index contributed by atoms with van der Waals surface area (Å²) in [5.74, 6) is -0.208. The van der Waals surface area contributed by atoms with Crippen LogP contribution in [0, 0.1) is 11.8 Å². The van der Waals surface area contributed by atoms with Gasteiger partial charge in [0.15, 0.2) is 0 Å². The largest absolute Gasteiger partial charge is 0.396 e. The van der Waals surface area contributed by atoms with Crippen LogP contribution in [0.4, 0.5) is 0 Å². The Labute approximate surface area is 85.1 Å². The topological polar surface area (TPSA) is 63.9 Å². The van der Waals surface area contributed by atoms with Crippen LogP contribution in [0.15, 0.2) is 0 Å². The molecule has 4 nitrogen and oxygen atoms in total. The summed E-state index contributed by atoms with van der Waals surface area (Å²) in [6.45, 7) is 7.49. The molecule has 0 bridgehead atoms. The quantitative estimate of drug-likeness (QED) is 0.610. The van der Waals surface area contributed by atoms with E-state index in [2.05, 4.69) is 0 Å². The molecule has 0 aromatic heterocycles. The lowest BCUT2D eigenvalue weighted by atomic mass is 9.78. The SMILES string of the molecule is CC1(C)[C@H](CO)[C@@H](CO)C(C)(C)N1O. The molecule has 0 spiro atoms. The van der Waals surface area contributed by atoms with E-state index in [0.717, 1.165) is 0 Å². The van der Waals surface area contributed by atoms with Gasteiger partial charge in [-0.2, -0.15) is 5.06 Å². The summed E-state index contributed by atoms with van der Waals surface area (Å²) < 4.78 is 0. The molecule has 1 saturated heterocycles. The zero-order chi connectivity index (χ0) is 11.1. The summed E-state index contributed by atoms with van der Waals surface area (Å²) in [7, 11) is 0. The van der Waals surface area contributed by atoms with Gasteiger partial charge in [-0.3, -0.25) is 0 Å². The predicted octanol–water partition coefficient (Wildman–Crippen LogP) is 0.465. The first kappa shape index (κ1) is 11.9. The van der Waals surface area contributed by atoms with Gasteiger partial charge >= 0.3 is 0 Å². The summed E-state index contributed by atoms with van der Waals surface area (Å²) >= 11 is 0. The second kappa shape index (κ2) is 3.45. The molecule has 1 rings (SSSR count).